The molecule has 2 aromatic rings. The van der Waals surface area contributed by atoms with Crippen molar-refractivity contribution in [2.24, 2.45) is 0 Å². The molecule has 0 spiro atoms. The maximum Gasteiger partial charge on any atom is 0.357 e. The molecule has 0 bridgehead atoms. The Kier molecular flexibility index (Phi) is 3.28. The van der Waals surface area contributed by atoms with Gasteiger partial charge in [0.2, 0.25) is 0 Å². The Morgan fingerprint density at radius 2 is 1.43 bits per heavy atom. The first-order chi connectivity index (χ1) is 10.1. The zero-order valence-electron chi connectivity index (χ0n) is 10.6. The van der Waals surface area contributed by atoms with Crippen LogP contribution in [0.2, 0.25) is 0 Å². The third-order valence-electron chi connectivity index (χ3n) is 3.06. The average Bonchev–Trinajstić information content (AvgIpc) is 2.72. The minimum absolute atomic E-state index is 0.163. The second-order valence-corrected chi connectivity index (χ2v) is 4.89. The van der Waals surface area contributed by atoms with Crippen LogP contribution in [0.15, 0.2) is 48.5 Å². The predicted octanol–water partition coefficient (Wildman–Crippen LogP) is 2.00. The first-order valence-corrected chi connectivity index (χ1v) is 6.98. The van der Waals surface area contributed by atoms with Crippen LogP contribution in [0.5, 0.6) is 5.75 Å². The van der Waals surface area contributed by atoms with Gasteiger partial charge in [-0.05, 0) is 36.4 Å². The lowest BCUT2D eigenvalue weighted by Crippen LogP contribution is -2.29. The topological polar surface area (TPSA) is 83.9 Å². The normalized spacial score (nSPS) is 15.0. The number of nitrogens with zero attached hydrogens (tertiary/aromatic N) is 1. The van der Waals surface area contributed by atoms with E-state index >= 15 is 0 Å². The summed E-state index contributed by atoms with van der Waals surface area (Å²) >= 11 is -2.42. The van der Waals surface area contributed by atoms with Crippen LogP contribution in [-0.2, 0) is 11.4 Å². The van der Waals surface area contributed by atoms with E-state index in [0.717, 1.165) is 4.90 Å². The molecule has 106 valence electrons. The van der Waals surface area contributed by atoms with Crippen molar-refractivity contribution in [2.75, 3.05) is 4.90 Å². The molecule has 0 fully saturated rings. The zero-order chi connectivity index (χ0) is 15.0. The quantitative estimate of drug-likeness (QED) is 0.692. The molecule has 0 radical (unpaired) electrons. The van der Waals surface area contributed by atoms with Crippen LogP contribution in [0.25, 0.3) is 0 Å². The SMILES string of the molecule is O=C1c2ccccc2C(=O)N1c1ccc(OS(=O)O)cc1. The molecule has 7 heteroatoms. The van der Waals surface area contributed by atoms with E-state index in [1.807, 2.05) is 0 Å². The number of imide groups is 1. The van der Waals surface area contributed by atoms with Crippen LogP contribution in [0, 0.1) is 0 Å². The van der Waals surface area contributed by atoms with Crippen molar-refractivity contribution in [1.29, 1.82) is 0 Å². The zero-order valence-corrected chi connectivity index (χ0v) is 11.4. The molecular weight excluding hydrogens is 294 g/mol. The second kappa shape index (κ2) is 5.12. The molecule has 0 saturated heterocycles. The minimum Gasteiger partial charge on any atom is -0.380 e. The largest absolute Gasteiger partial charge is 0.380 e. The van der Waals surface area contributed by atoms with E-state index in [1.54, 1.807) is 24.3 Å². The lowest BCUT2D eigenvalue weighted by molar-refractivity contribution is 0.0926. The van der Waals surface area contributed by atoms with Crippen LogP contribution >= 0.6 is 0 Å². The van der Waals surface area contributed by atoms with Gasteiger partial charge in [-0.25, -0.2) is 4.90 Å². The smallest absolute Gasteiger partial charge is 0.357 e. The standard InChI is InChI=1S/C14H9NO5S/c16-13-11-3-1-2-4-12(11)14(17)15(13)9-5-7-10(8-6-9)20-21(18)19/h1-8H,(H,18,19). The Hall–Kier alpha value is -2.51. The van der Waals surface area contributed by atoms with Gasteiger partial charge in [0.15, 0.2) is 0 Å². The highest BCUT2D eigenvalue weighted by molar-refractivity contribution is 7.74. The van der Waals surface area contributed by atoms with Crippen molar-refractivity contribution in [2.45, 2.75) is 0 Å². The van der Waals surface area contributed by atoms with Gasteiger partial charge in [0.25, 0.3) is 11.8 Å². The van der Waals surface area contributed by atoms with Crippen molar-refractivity contribution < 1.29 is 22.5 Å². The van der Waals surface area contributed by atoms with Crippen LogP contribution in [0.4, 0.5) is 5.69 Å². The average molecular weight is 303 g/mol. The molecule has 1 aliphatic rings. The van der Waals surface area contributed by atoms with E-state index in [1.165, 1.54) is 24.3 Å². The van der Waals surface area contributed by atoms with Gasteiger partial charge >= 0.3 is 11.4 Å². The summed E-state index contributed by atoms with van der Waals surface area (Å²) in [7, 11) is 0. The minimum atomic E-state index is -2.42. The van der Waals surface area contributed by atoms with Gasteiger partial charge in [-0.15, -0.1) is 0 Å². The predicted molar refractivity (Wildman–Crippen MR) is 75.4 cm³/mol. The van der Waals surface area contributed by atoms with Gasteiger partial charge in [0, 0.05) is 0 Å². The first kappa shape index (κ1) is 13.5. The molecule has 2 amide bonds. The van der Waals surface area contributed by atoms with Crippen LogP contribution in [0.3, 0.4) is 0 Å². The summed E-state index contributed by atoms with van der Waals surface area (Å²) in [5, 5.41) is 0. The lowest BCUT2D eigenvalue weighted by atomic mass is 10.1. The van der Waals surface area contributed by atoms with E-state index < -0.39 is 23.2 Å². The van der Waals surface area contributed by atoms with Crippen molar-refractivity contribution in [1.82, 2.24) is 0 Å². The second-order valence-electron chi connectivity index (χ2n) is 4.29. The number of hydrogen-bond donors (Lipinski definition) is 1. The van der Waals surface area contributed by atoms with Gasteiger partial charge in [0.05, 0.1) is 16.8 Å². The molecular formula is C14H9NO5S. The fourth-order valence-corrected chi connectivity index (χ4v) is 2.43. The van der Waals surface area contributed by atoms with Gasteiger partial charge in [-0.3, -0.25) is 14.1 Å². The molecule has 0 aliphatic carbocycles. The third kappa shape index (κ3) is 2.32. The number of benzene rings is 2. The molecule has 6 nitrogen and oxygen atoms in total. The van der Waals surface area contributed by atoms with E-state index in [2.05, 4.69) is 4.18 Å². The maximum atomic E-state index is 12.3. The van der Waals surface area contributed by atoms with Gasteiger partial charge < -0.3 is 4.18 Å². The Morgan fingerprint density at radius 3 is 1.90 bits per heavy atom. The molecule has 1 unspecified atom stereocenters. The highest BCUT2D eigenvalue weighted by Gasteiger charge is 2.36. The van der Waals surface area contributed by atoms with Gasteiger partial charge in [0.1, 0.15) is 5.75 Å². The maximum absolute atomic E-state index is 12.3. The number of amides is 2. The number of carbonyl (C=O) groups is 2. The van der Waals surface area contributed by atoms with Crippen LogP contribution < -0.4 is 9.08 Å². The van der Waals surface area contributed by atoms with E-state index in [4.69, 9.17) is 4.55 Å². The molecule has 0 saturated carbocycles. The molecule has 3 rings (SSSR count). The third-order valence-corrected chi connectivity index (χ3v) is 3.39. The summed E-state index contributed by atoms with van der Waals surface area (Å²) in [5.41, 5.74) is 1.09. The Balaban J connectivity index is 1.94. The van der Waals surface area contributed by atoms with Crippen LogP contribution in [0.1, 0.15) is 20.7 Å². The Bertz CT molecular complexity index is 721. The Labute approximate surface area is 122 Å². The molecule has 1 heterocycles. The number of anilines is 1. The summed E-state index contributed by atoms with van der Waals surface area (Å²) in [6.45, 7) is 0. The summed E-state index contributed by atoms with van der Waals surface area (Å²) in [6.07, 6.45) is 0. The summed E-state index contributed by atoms with van der Waals surface area (Å²) in [5.74, 6) is -0.624. The van der Waals surface area contributed by atoms with E-state index in [9.17, 15) is 13.8 Å². The number of fused-ring (bicyclic) bond motifs is 1. The van der Waals surface area contributed by atoms with E-state index in [0.29, 0.717) is 16.8 Å². The lowest BCUT2D eigenvalue weighted by Gasteiger charge is -2.14. The molecule has 1 N–H and O–H groups in total. The van der Waals surface area contributed by atoms with Crippen molar-refractivity contribution in [3.63, 3.8) is 0 Å². The van der Waals surface area contributed by atoms with Crippen molar-refractivity contribution >= 4 is 28.9 Å². The highest BCUT2D eigenvalue weighted by atomic mass is 32.2. The summed E-state index contributed by atoms with van der Waals surface area (Å²) in [4.78, 5) is 25.6. The summed E-state index contributed by atoms with van der Waals surface area (Å²) in [6, 6.07) is 12.4. The highest BCUT2D eigenvalue weighted by Crippen LogP contribution is 2.29. The monoisotopic (exact) mass is 303 g/mol. The van der Waals surface area contributed by atoms with Crippen molar-refractivity contribution in [3.05, 3.63) is 59.7 Å². The molecule has 2 aromatic carbocycles. The number of carbonyl (C=O) groups excluding carboxylic acids is 2. The number of rotatable bonds is 3. The van der Waals surface area contributed by atoms with Crippen LogP contribution in [-0.4, -0.2) is 20.6 Å². The first-order valence-electron chi connectivity index (χ1n) is 5.95. The molecule has 21 heavy (non-hydrogen) atoms. The number of hydrogen-bond acceptors (Lipinski definition) is 4. The molecule has 0 aromatic heterocycles. The van der Waals surface area contributed by atoms with Gasteiger partial charge in [-0.1, -0.05) is 12.1 Å². The Morgan fingerprint density at radius 1 is 0.905 bits per heavy atom. The summed E-state index contributed by atoms with van der Waals surface area (Å²) < 4.78 is 23.7. The van der Waals surface area contributed by atoms with Crippen molar-refractivity contribution in [3.8, 4) is 5.75 Å². The van der Waals surface area contributed by atoms with E-state index in [-0.39, 0.29) is 5.75 Å². The van der Waals surface area contributed by atoms with Gasteiger partial charge in [-0.2, -0.15) is 4.21 Å². The fourth-order valence-electron chi connectivity index (χ4n) is 2.16. The fraction of sp³-hybridized carbons (Fsp3) is 0. The molecule has 1 atom stereocenters. The molecule has 1 aliphatic heterocycles.